The number of benzene rings is 2. The first-order valence-electron chi connectivity index (χ1n) is 13.8. The maximum Gasteiger partial charge on any atom is 0.238 e. The molecule has 43 heavy (non-hydrogen) atoms. The molecule has 4 heterocycles. The number of nitrogens with zero attached hydrogens (tertiary/aromatic N) is 4. The van der Waals surface area contributed by atoms with Crippen LogP contribution in [0.25, 0.3) is 22.0 Å². The van der Waals surface area contributed by atoms with Gasteiger partial charge in [0.2, 0.25) is 21.9 Å². The molecule has 11 nitrogen and oxygen atoms in total. The monoisotopic (exact) mass is 603 g/mol. The molecule has 0 aliphatic carbocycles. The first-order chi connectivity index (χ1) is 20.8. The maximum absolute atomic E-state index is 15.1. The lowest BCUT2D eigenvalue weighted by atomic mass is 10.0. The number of aromatic nitrogens is 4. The smallest absolute Gasteiger partial charge is 0.238 e. The zero-order valence-electron chi connectivity index (χ0n) is 23.6. The normalized spacial score (nSPS) is 15.4. The second-order valence-corrected chi connectivity index (χ2v) is 12.2. The minimum Gasteiger partial charge on any atom is -0.437 e. The molecule has 1 aliphatic rings. The van der Waals surface area contributed by atoms with Crippen LogP contribution < -0.4 is 20.1 Å². The lowest BCUT2D eigenvalue weighted by Crippen LogP contribution is -2.38. The van der Waals surface area contributed by atoms with Gasteiger partial charge in [-0.15, -0.1) is 0 Å². The van der Waals surface area contributed by atoms with E-state index in [9.17, 15) is 8.42 Å². The predicted octanol–water partition coefficient (Wildman–Crippen LogP) is 5.33. The van der Waals surface area contributed by atoms with Gasteiger partial charge in [-0.1, -0.05) is 17.3 Å². The van der Waals surface area contributed by atoms with E-state index in [1.54, 1.807) is 49.6 Å². The number of rotatable bonds is 9. The summed E-state index contributed by atoms with van der Waals surface area (Å²) in [6, 6.07) is 13.3. The number of fused-ring (bicyclic) bond motifs is 1. The van der Waals surface area contributed by atoms with Crippen LogP contribution in [-0.4, -0.2) is 47.7 Å². The van der Waals surface area contributed by atoms with E-state index in [-0.39, 0.29) is 23.3 Å². The molecule has 0 spiro atoms. The molecule has 1 saturated heterocycles. The molecule has 5 aromatic rings. The number of sulfonamides is 1. The summed E-state index contributed by atoms with van der Waals surface area (Å²) in [5.41, 5.74) is 2.03. The molecule has 1 aliphatic heterocycles. The van der Waals surface area contributed by atoms with Crippen molar-refractivity contribution in [2.24, 2.45) is 0 Å². The van der Waals surface area contributed by atoms with E-state index in [4.69, 9.17) is 14.2 Å². The average Bonchev–Trinajstić information content (AvgIpc) is 3.40. The van der Waals surface area contributed by atoms with Crippen LogP contribution in [0.5, 0.6) is 11.6 Å². The minimum atomic E-state index is -4.02. The van der Waals surface area contributed by atoms with Gasteiger partial charge in [-0.3, -0.25) is 4.72 Å². The molecule has 3 N–H and O–H groups in total. The van der Waals surface area contributed by atoms with Crippen molar-refractivity contribution in [1.82, 2.24) is 25.4 Å². The van der Waals surface area contributed by atoms with Crippen LogP contribution >= 0.6 is 0 Å². The van der Waals surface area contributed by atoms with Gasteiger partial charge in [0.05, 0.1) is 16.9 Å². The van der Waals surface area contributed by atoms with E-state index >= 15 is 4.39 Å². The largest absolute Gasteiger partial charge is 0.437 e. The summed E-state index contributed by atoms with van der Waals surface area (Å²) in [6.07, 6.45) is 5.40. The quantitative estimate of drug-likeness (QED) is 0.202. The van der Waals surface area contributed by atoms with Gasteiger partial charge in [0.25, 0.3) is 0 Å². The van der Waals surface area contributed by atoms with Gasteiger partial charge >= 0.3 is 0 Å². The number of hydrogen-bond acceptors (Lipinski definition) is 10. The fraction of sp³-hybridized carbons (Fsp3) is 0.267. The maximum atomic E-state index is 15.1. The van der Waals surface area contributed by atoms with Crippen LogP contribution in [0.2, 0.25) is 0 Å². The van der Waals surface area contributed by atoms with Gasteiger partial charge in [0, 0.05) is 41.8 Å². The summed E-state index contributed by atoms with van der Waals surface area (Å²) in [5.74, 6) is 0.481. The summed E-state index contributed by atoms with van der Waals surface area (Å²) in [4.78, 5) is 13.6. The Kier molecular flexibility index (Phi) is 7.91. The highest BCUT2D eigenvalue weighted by Crippen LogP contribution is 2.39. The number of ether oxygens (including phenoxy) is 1. The highest BCUT2D eigenvalue weighted by atomic mass is 32.2. The lowest BCUT2D eigenvalue weighted by molar-refractivity contribution is 0.392. The molecule has 0 bridgehead atoms. The standard InChI is InChI=1S/C30H30FN7O4S/c1-18-7-8-22-23(9-10-25(31)27(22)38-43(39,40)17-21-15-19(2)42-37-21)28(18)41-29-24(6-4-13-33-29)26-11-14-34-30(36-26)35-20-5-3-12-32-16-20/h4,6-11,13-15,20,32,38H,3,5,12,16-17H2,1-2H3,(H,34,35,36)/t20-/m0/s1. The third-order valence-corrected chi connectivity index (χ3v) is 8.29. The summed E-state index contributed by atoms with van der Waals surface area (Å²) >= 11 is 0. The number of halogens is 1. The summed E-state index contributed by atoms with van der Waals surface area (Å²) in [6.45, 7) is 5.36. The topological polar surface area (TPSA) is 144 Å². The van der Waals surface area contributed by atoms with Crippen LogP contribution in [0.1, 0.15) is 29.9 Å². The van der Waals surface area contributed by atoms with Gasteiger partial charge < -0.3 is 19.9 Å². The van der Waals surface area contributed by atoms with Crippen molar-refractivity contribution in [2.45, 2.75) is 38.5 Å². The summed E-state index contributed by atoms with van der Waals surface area (Å²) < 4.78 is 54.8. The fourth-order valence-corrected chi connectivity index (χ4v) is 6.19. The average molecular weight is 604 g/mol. The lowest BCUT2D eigenvalue weighted by Gasteiger charge is -2.23. The highest BCUT2D eigenvalue weighted by Gasteiger charge is 2.22. The van der Waals surface area contributed by atoms with Gasteiger partial charge in [0.15, 0.2) is 0 Å². The van der Waals surface area contributed by atoms with Crippen LogP contribution in [0.4, 0.5) is 16.0 Å². The Morgan fingerprint density at radius 3 is 2.74 bits per heavy atom. The molecule has 222 valence electrons. The van der Waals surface area contributed by atoms with Crippen molar-refractivity contribution >= 4 is 32.4 Å². The van der Waals surface area contributed by atoms with Gasteiger partial charge in [-0.05, 0) is 69.1 Å². The van der Waals surface area contributed by atoms with Crippen molar-refractivity contribution in [1.29, 1.82) is 0 Å². The van der Waals surface area contributed by atoms with E-state index < -0.39 is 21.6 Å². The van der Waals surface area contributed by atoms with Crippen LogP contribution in [0.15, 0.2) is 65.4 Å². The first kappa shape index (κ1) is 28.5. The van der Waals surface area contributed by atoms with Crippen molar-refractivity contribution < 1.29 is 22.1 Å². The number of nitrogens with one attached hydrogen (secondary N) is 3. The molecule has 0 saturated carbocycles. The van der Waals surface area contributed by atoms with Crippen LogP contribution in [-0.2, 0) is 15.8 Å². The molecule has 0 radical (unpaired) electrons. The zero-order chi connectivity index (χ0) is 30.0. The molecule has 0 unspecified atom stereocenters. The third kappa shape index (κ3) is 6.42. The number of aryl methyl sites for hydroxylation is 2. The number of pyridine rings is 1. The van der Waals surface area contributed by atoms with Gasteiger partial charge in [-0.2, -0.15) is 0 Å². The number of hydrogen-bond donors (Lipinski definition) is 3. The van der Waals surface area contributed by atoms with Crippen LogP contribution in [0, 0.1) is 19.7 Å². The first-order valence-corrected chi connectivity index (χ1v) is 15.5. The second kappa shape index (κ2) is 11.9. The van der Waals surface area contributed by atoms with E-state index in [1.807, 2.05) is 13.0 Å². The third-order valence-electron chi connectivity index (χ3n) is 7.10. The minimum absolute atomic E-state index is 0.187. The molecule has 13 heteroatoms. The Morgan fingerprint density at radius 1 is 1.09 bits per heavy atom. The highest BCUT2D eigenvalue weighted by molar-refractivity contribution is 7.91. The molecule has 6 rings (SSSR count). The molecular weight excluding hydrogens is 573 g/mol. The Bertz CT molecular complexity index is 1890. The zero-order valence-corrected chi connectivity index (χ0v) is 24.4. The van der Waals surface area contributed by atoms with Crippen molar-refractivity contribution in [2.75, 3.05) is 23.1 Å². The van der Waals surface area contributed by atoms with E-state index in [2.05, 4.69) is 30.5 Å². The number of piperidine rings is 1. The van der Waals surface area contributed by atoms with Crippen molar-refractivity contribution in [3.63, 3.8) is 0 Å². The Hall–Kier alpha value is -4.62. The Balaban J connectivity index is 1.33. The van der Waals surface area contributed by atoms with Gasteiger partial charge in [-0.25, -0.2) is 27.8 Å². The second-order valence-electron chi connectivity index (χ2n) is 10.4. The molecule has 3 aromatic heterocycles. The molecule has 1 atom stereocenters. The Labute approximate surface area is 248 Å². The van der Waals surface area contributed by atoms with E-state index in [0.717, 1.165) is 31.5 Å². The van der Waals surface area contributed by atoms with Gasteiger partial charge in [0.1, 0.15) is 28.8 Å². The molecule has 2 aromatic carbocycles. The summed E-state index contributed by atoms with van der Waals surface area (Å²) in [5, 5.41) is 11.3. The molecule has 1 fully saturated rings. The van der Waals surface area contributed by atoms with Crippen LogP contribution in [0.3, 0.4) is 0 Å². The SMILES string of the molecule is Cc1cc(CS(=O)(=O)Nc2c(F)ccc3c(Oc4ncccc4-c4ccnc(N[C@H]5CCCNC5)n4)c(C)ccc23)no1. The van der Waals surface area contributed by atoms with Crippen molar-refractivity contribution in [3.8, 4) is 22.9 Å². The predicted molar refractivity (Wildman–Crippen MR) is 161 cm³/mol. The van der Waals surface area contributed by atoms with E-state index in [0.29, 0.717) is 39.5 Å². The molecule has 0 amide bonds. The van der Waals surface area contributed by atoms with Crippen molar-refractivity contribution in [3.05, 3.63) is 83.8 Å². The summed E-state index contributed by atoms with van der Waals surface area (Å²) in [7, 11) is -4.02. The fourth-order valence-electron chi connectivity index (χ4n) is 5.07. The van der Waals surface area contributed by atoms with E-state index in [1.165, 1.54) is 12.1 Å². The number of anilines is 2. The molecular formula is C30H30FN7O4S. The Morgan fingerprint density at radius 2 is 1.95 bits per heavy atom.